The molecule has 2 aromatic heterocycles. The smallest absolute Gasteiger partial charge is 0.385 e. The quantitative estimate of drug-likeness (QED) is 0.655. The summed E-state index contributed by atoms with van der Waals surface area (Å²) in [5.74, 6) is -0.00808. The van der Waals surface area contributed by atoms with E-state index in [0.29, 0.717) is 16.2 Å². The normalized spacial score (nSPS) is 11.7. The number of anilines is 2. The van der Waals surface area contributed by atoms with E-state index in [1.807, 2.05) is 6.92 Å². The zero-order valence-corrected chi connectivity index (χ0v) is 17.1. The van der Waals surface area contributed by atoms with Crippen molar-refractivity contribution in [2.75, 3.05) is 23.4 Å². The van der Waals surface area contributed by atoms with E-state index < -0.39 is 23.2 Å². The fourth-order valence-corrected chi connectivity index (χ4v) is 3.18. The Morgan fingerprint density at radius 2 is 1.90 bits per heavy atom. The van der Waals surface area contributed by atoms with Gasteiger partial charge in [-0.15, -0.1) is 11.8 Å². The molecule has 2 N–H and O–H groups in total. The Balaban J connectivity index is 2.44. The second-order valence-electron chi connectivity index (χ2n) is 6.56. The standard InChI is InChI=1S/C19H20F3N5OS/c1-5-29-14-6-11(18(2,3)10-23)8-26-16(14)17(28)27-12-7-15(19(20,21)22)25-9-13(12)24-4/h6-9,24H,5H2,1-4H3,(H,25,27,28). The number of hydrogen-bond acceptors (Lipinski definition) is 6. The van der Waals surface area contributed by atoms with Gasteiger partial charge in [-0.05, 0) is 37.3 Å². The lowest BCUT2D eigenvalue weighted by atomic mass is 9.87. The Bertz CT molecular complexity index is 954. The summed E-state index contributed by atoms with van der Waals surface area (Å²) in [5.41, 5.74) is -1.02. The number of pyridine rings is 2. The van der Waals surface area contributed by atoms with E-state index in [4.69, 9.17) is 0 Å². The van der Waals surface area contributed by atoms with Crippen molar-refractivity contribution < 1.29 is 18.0 Å². The molecule has 0 aliphatic rings. The summed E-state index contributed by atoms with van der Waals surface area (Å²) in [6.07, 6.45) is -2.20. The van der Waals surface area contributed by atoms with E-state index in [9.17, 15) is 23.2 Å². The van der Waals surface area contributed by atoms with Crippen LogP contribution in [-0.2, 0) is 11.6 Å². The minimum atomic E-state index is -4.64. The number of thioether (sulfide) groups is 1. The summed E-state index contributed by atoms with van der Waals surface area (Å²) in [6, 6.07) is 4.66. The minimum Gasteiger partial charge on any atom is -0.385 e. The van der Waals surface area contributed by atoms with Gasteiger partial charge in [-0.3, -0.25) is 4.79 Å². The summed E-state index contributed by atoms with van der Waals surface area (Å²) in [6.45, 7) is 5.37. The maximum atomic E-state index is 13.0. The average Bonchev–Trinajstić information content (AvgIpc) is 2.67. The molecule has 2 heterocycles. The van der Waals surface area contributed by atoms with E-state index in [1.54, 1.807) is 19.9 Å². The third-order valence-electron chi connectivity index (χ3n) is 4.08. The van der Waals surface area contributed by atoms with Crippen molar-refractivity contribution in [2.24, 2.45) is 0 Å². The van der Waals surface area contributed by atoms with Crippen LogP contribution >= 0.6 is 11.8 Å². The molecule has 0 bridgehead atoms. The van der Waals surface area contributed by atoms with Gasteiger partial charge < -0.3 is 10.6 Å². The Morgan fingerprint density at radius 3 is 2.45 bits per heavy atom. The SMILES string of the molecule is CCSc1cc(C(C)(C)C#N)cnc1C(=O)Nc1cc(C(F)(F)F)ncc1NC. The Morgan fingerprint density at radius 1 is 1.21 bits per heavy atom. The predicted octanol–water partition coefficient (Wildman–Crippen LogP) is 4.70. The molecule has 0 aliphatic heterocycles. The van der Waals surface area contributed by atoms with Crippen LogP contribution in [0.1, 0.15) is 42.5 Å². The fourth-order valence-electron chi connectivity index (χ4n) is 2.38. The first-order chi connectivity index (χ1) is 13.5. The van der Waals surface area contributed by atoms with Gasteiger partial charge in [0.1, 0.15) is 11.4 Å². The number of nitriles is 1. The zero-order valence-electron chi connectivity index (χ0n) is 16.3. The van der Waals surface area contributed by atoms with Crippen LogP contribution in [0.4, 0.5) is 24.5 Å². The molecule has 0 saturated heterocycles. The number of halogens is 3. The number of aromatic nitrogens is 2. The molecule has 29 heavy (non-hydrogen) atoms. The van der Waals surface area contributed by atoms with Gasteiger partial charge in [0.05, 0.1) is 29.1 Å². The van der Waals surface area contributed by atoms with Gasteiger partial charge in [-0.25, -0.2) is 9.97 Å². The molecular weight excluding hydrogens is 403 g/mol. The van der Waals surface area contributed by atoms with Crippen molar-refractivity contribution in [3.8, 4) is 6.07 Å². The molecule has 6 nitrogen and oxygen atoms in total. The Labute approximate surface area is 170 Å². The molecule has 0 aromatic carbocycles. The molecule has 0 spiro atoms. The Kier molecular flexibility index (Phi) is 6.74. The number of rotatable bonds is 6. The van der Waals surface area contributed by atoms with Gasteiger partial charge in [-0.1, -0.05) is 6.92 Å². The maximum absolute atomic E-state index is 13.0. The number of nitrogens with one attached hydrogen (secondary N) is 2. The first-order valence-corrected chi connectivity index (χ1v) is 9.63. The van der Waals surface area contributed by atoms with Crippen molar-refractivity contribution in [3.05, 3.63) is 41.5 Å². The van der Waals surface area contributed by atoms with Crippen LogP contribution in [0.15, 0.2) is 29.4 Å². The number of carbonyl (C=O) groups is 1. The molecule has 2 rings (SSSR count). The highest BCUT2D eigenvalue weighted by Gasteiger charge is 2.33. The summed E-state index contributed by atoms with van der Waals surface area (Å²) in [5, 5.41) is 14.5. The molecule has 1 amide bonds. The van der Waals surface area contributed by atoms with Crippen LogP contribution in [0.25, 0.3) is 0 Å². The number of alkyl halides is 3. The lowest BCUT2D eigenvalue weighted by molar-refractivity contribution is -0.141. The first kappa shape index (κ1) is 22.5. The largest absolute Gasteiger partial charge is 0.433 e. The molecule has 10 heteroatoms. The molecule has 0 atom stereocenters. The molecule has 0 aliphatic carbocycles. The molecule has 0 saturated carbocycles. The maximum Gasteiger partial charge on any atom is 0.433 e. The summed E-state index contributed by atoms with van der Waals surface area (Å²) >= 11 is 1.36. The highest BCUT2D eigenvalue weighted by atomic mass is 32.2. The van der Waals surface area contributed by atoms with E-state index in [-0.39, 0.29) is 17.1 Å². The van der Waals surface area contributed by atoms with Crippen LogP contribution in [-0.4, -0.2) is 28.7 Å². The third-order valence-corrected chi connectivity index (χ3v) is 4.99. The molecular formula is C19H20F3N5OS. The van der Waals surface area contributed by atoms with E-state index in [0.717, 1.165) is 12.3 Å². The van der Waals surface area contributed by atoms with Gasteiger partial charge in [0, 0.05) is 18.1 Å². The zero-order chi connectivity index (χ0) is 21.8. The van der Waals surface area contributed by atoms with Gasteiger partial charge in [-0.2, -0.15) is 18.4 Å². The van der Waals surface area contributed by atoms with Crippen molar-refractivity contribution in [1.82, 2.24) is 9.97 Å². The van der Waals surface area contributed by atoms with Gasteiger partial charge in [0.2, 0.25) is 0 Å². The average molecular weight is 423 g/mol. The molecule has 154 valence electrons. The van der Waals surface area contributed by atoms with E-state index >= 15 is 0 Å². The van der Waals surface area contributed by atoms with Crippen LogP contribution in [0.5, 0.6) is 0 Å². The lowest BCUT2D eigenvalue weighted by Crippen LogP contribution is -2.20. The van der Waals surface area contributed by atoms with Crippen LogP contribution in [0.3, 0.4) is 0 Å². The van der Waals surface area contributed by atoms with Gasteiger partial charge in [0.15, 0.2) is 0 Å². The van der Waals surface area contributed by atoms with Crippen molar-refractivity contribution in [2.45, 2.75) is 37.3 Å². The molecule has 0 unspecified atom stereocenters. The minimum absolute atomic E-state index is 0.0597. The second kappa shape index (κ2) is 8.69. The summed E-state index contributed by atoms with van der Waals surface area (Å²) in [4.78, 5) is 20.9. The van der Waals surface area contributed by atoms with Crippen LogP contribution in [0, 0.1) is 11.3 Å². The third kappa shape index (κ3) is 5.17. The van der Waals surface area contributed by atoms with Crippen molar-refractivity contribution in [1.29, 1.82) is 5.26 Å². The number of amides is 1. The highest BCUT2D eigenvalue weighted by Crippen LogP contribution is 2.33. The van der Waals surface area contributed by atoms with Gasteiger partial charge >= 0.3 is 6.18 Å². The fraction of sp³-hybridized carbons (Fsp3) is 0.368. The highest BCUT2D eigenvalue weighted by molar-refractivity contribution is 7.99. The van der Waals surface area contributed by atoms with Gasteiger partial charge in [0.25, 0.3) is 5.91 Å². The second-order valence-corrected chi connectivity index (χ2v) is 7.86. The number of hydrogen-bond donors (Lipinski definition) is 2. The topological polar surface area (TPSA) is 90.7 Å². The number of nitrogens with zero attached hydrogens (tertiary/aromatic N) is 3. The van der Waals surface area contributed by atoms with E-state index in [2.05, 4.69) is 26.7 Å². The first-order valence-electron chi connectivity index (χ1n) is 8.64. The molecule has 0 radical (unpaired) electrons. The van der Waals surface area contributed by atoms with Crippen molar-refractivity contribution in [3.63, 3.8) is 0 Å². The number of carbonyl (C=O) groups excluding carboxylic acids is 1. The monoisotopic (exact) mass is 423 g/mol. The van der Waals surface area contributed by atoms with E-state index in [1.165, 1.54) is 25.0 Å². The summed E-state index contributed by atoms with van der Waals surface area (Å²) < 4.78 is 38.9. The predicted molar refractivity (Wildman–Crippen MR) is 106 cm³/mol. The summed E-state index contributed by atoms with van der Waals surface area (Å²) in [7, 11) is 1.51. The van der Waals surface area contributed by atoms with Crippen LogP contribution < -0.4 is 10.6 Å². The van der Waals surface area contributed by atoms with Crippen LogP contribution in [0.2, 0.25) is 0 Å². The molecule has 2 aromatic rings. The molecule has 0 fully saturated rings. The Hall–Kier alpha value is -2.80. The van der Waals surface area contributed by atoms with Crippen molar-refractivity contribution >= 4 is 29.0 Å². The lowest BCUT2D eigenvalue weighted by Gasteiger charge is -2.18.